The molecule has 0 fully saturated rings. The Kier molecular flexibility index (Phi) is 6.90. The Bertz CT molecular complexity index is 3020. The van der Waals surface area contributed by atoms with Crippen LogP contribution in [-0.4, -0.2) is 9.97 Å². The number of para-hydroxylation sites is 2. The van der Waals surface area contributed by atoms with Gasteiger partial charge in [0.25, 0.3) is 0 Å². The smallest absolute Gasteiger partial charge is 0.0708 e. The highest BCUT2D eigenvalue weighted by Gasteiger charge is 2.21. The average Bonchev–Trinajstić information content (AvgIpc) is 3.25. The first-order valence-corrected chi connectivity index (χ1v) is 18.5. The van der Waals surface area contributed by atoms with Crippen LogP contribution in [0.1, 0.15) is 0 Å². The molecule has 0 bridgehead atoms. The van der Waals surface area contributed by atoms with Gasteiger partial charge in [-0.2, -0.15) is 0 Å². The van der Waals surface area contributed by atoms with Gasteiger partial charge in [0.05, 0.1) is 11.0 Å². The van der Waals surface area contributed by atoms with Gasteiger partial charge in [-0.25, -0.2) is 0 Å². The van der Waals surface area contributed by atoms with Crippen molar-refractivity contribution in [1.82, 2.24) is 9.97 Å². The minimum absolute atomic E-state index is 0.998. The number of pyridine rings is 2. The fourth-order valence-electron chi connectivity index (χ4n) is 8.83. The van der Waals surface area contributed by atoms with Crippen LogP contribution in [0.2, 0.25) is 0 Å². The van der Waals surface area contributed by atoms with Crippen LogP contribution in [0, 0.1) is 0 Å². The Morgan fingerprint density at radius 3 is 0.907 bits per heavy atom. The SMILES string of the molecule is c1ccc(-c2c3ccccc3c(-c3ccc(-c4c5ccccc5c(-c5ccccc5)c5c4cnc4ccccc45)cc3)c3cnc4ccccc4c23)cc1. The summed E-state index contributed by atoms with van der Waals surface area (Å²) in [6.07, 6.45) is 4.17. The topological polar surface area (TPSA) is 25.8 Å². The minimum atomic E-state index is 0.998. The molecular weight excluding hydrogens is 653 g/mol. The lowest BCUT2D eigenvalue weighted by atomic mass is 9.83. The molecule has 0 radical (unpaired) electrons. The molecule has 0 aliphatic rings. The van der Waals surface area contributed by atoms with Crippen LogP contribution in [0.25, 0.3) is 109 Å². The maximum atomic E-state index is 5.02. The highest BCUT2D eigenvalue weighted by molar-refractivity contribution is 6.29. The van der Waals surface area contributed by atoms with Gasteiger partial charge in [-0.15, -0.1) is 0 Å². The molecule has 11 aromatic rings. The summed E-state index contributed by atoms with van der Waals surface area (Å²) >= 11 is 0. The van der Waals surface area contributed by atoms with E-state index in [2.05, 4.69) is 194 Å². The van der Waals surface area contributed by atoms with Crippen LogP contribution in [-0.2, 0) is 0 Å². The van der Waals surface area contributed by atoms with Crippen molar-refractivity contribution in [3.05, 3.63) is 194 Å². The summed E-state index contributed by atoms with van der Waals surface area (Å²) in [7, 11) is 0. The standard InChI is InChI=1S/C52H32N2/c1-3-15-33(16-4-1)49-39-21-9-7-19-37(39)47(43-31-53-45-25-13-11-23-41(45)51(43)49)35-27-29-36(30-28-35)48-38-20-8-10-22-40(38)50(34-17-5-2-6-18-34)52-42-24-12-14-26-46(42)54-32-44(48)52/h1-32H. The first kappa shape index (κ1) is 30.5. The van der Waals surface area contributed by atoms with E-state index in [1.54, 1.807) is 0 Å². The molecule has 0 spiro atoms. The Labute approximate surface area is 312 Å². The van der Waals surface area contributed by atoms with Crippen LogP contribution >= 0.6 is 0 Å². The maximum absolute atomic E-state index is 5.02. The van der Waals surface area contributed by atoms with E-state index in [4.69, 9.17) is 9.97 Å². The Morgan fingerprint density at radius 1 is 0.222 bits per heavy atom. The number of benzene rings is 9. The molecule has 2 heteroatoms. The van der Waals surface area contributed by atoms with Gasteiger partial charge in [-0.1, -0.05) is 170 Å². The molecule has 0 atom stereocenters. The van der Waals surface area contributed by atoms with Crippen molar-refractivity contribution in [2.24, 2.45) is 0 Å². The van der Waals surface area contributed by atoms with Gasteiger partial charge >= 0.3 is 0 Å². The number of rotatable bonds is 4. The summed E-state index contributed by atoms with van der Waals surface area (Å²) < 4.78 is 0. The molecule has 0 N–H and O–H groups in total. The van der Waals surface area contributed by atoms with Gasteiger partial charge in [-0.05, 0) is 78.2 Å². The molecule has 0 unspecified atom stereocenters. The van der Waals surface area contributed by atoms with E-state index in [0.717, 1.165) is 43.7 Å². The third-order valence-electron chi connectivity index (χ3n) is 11.1. The normalized spacial score (nSPS) is 11.7. The Hall–Kier alpha value is -7.16. The summed E-state index contributed by atoms with van der Waals surface area (Å²) in [5.74, 6) is 0. The van der Waals surface area contributed by atoms with E-state index >= 15 is 0 Å². The summed E-state index contributed by atoms with van der Waals surface area (Å²) in [6, 6.07) is 65.5. The molecule has 2 heterocycles. The second kappa shape index (κ2) is 12.2. The first-order chi connectivity index (χ1) is 26.8. The van der Waals surface area contributed by atoms with Gasteiger partial charge in [0.1, 0.15) is 0 Å². The van der Waals surface area contributed by atoms with Gasteiger partial charge in [0.15, 0.2) is 0 Å². The predicted molar refractivity (Wildman–Crippen MR) is 229 cm³/mol. The van der Waals surface area contributed by atoms with Crippen LogP contribution in [0.15, 0.2) is 194 Å². The van der Waals surface area contributed by atoms with E-state index < -0.39 is 0 Å². The lowest BCUT2D eigenvalue weighted by molar-refractivity contribution is 1.44. The van der Waals surface area contributed by atoms with Gasteiger partial charge in [-0.3, -0.25) is 9.97 Å². The number of nitrogens with zero attached hydrogens (tertiary/aromatic N) is 2. The average molecular weight is 685 g/mol. The van der Waals surface area contributed by atoms with Crippen molar-refractivity contribution < 1.29 is 0 Å². The molecule has 9 aromatic carbocycles. The zero-order valence-corrected chi connectivity index (χ0v) is 29.4. The summed E-state index contributed by atoms with van der Waals surface area (Å²) in [6.45, 7) is 0. The predicted octanol–water partition coefficient (Wildman–Crippen LogP) is 14.1. The molecule has 54 heavy (non-hydrogen) atoms. The van der Waals surface area contributed by atoms with Crippen LogP contribution in [0.4, 0.5) is 0 Å². The van der Waals surface area contributed by atoms with Crippen LogP contribution in [0.5, 0.6) is 0 Å². The zero-order chi connectivity index (χ0) is 35.6. The van der Waals surface area contributed by atoms with E-state index in [1.807, 2.05) is 0 Å². The van der Waals surface area contributed by atoms with Gasteiger partial charge < -0.3 is 0 Å². The van der Waals surface area contributed by atoms with Crippen molar-refractivity contribution >= 4 is 64.9 Å². The van der Waals surface area contributed by atoms with Crippen molar-refractivity contribution in [2.75, 3.05) is 0 Å². The number of fused-ring (bicyclic) bond motifs is 8. The van der Waals surface area contributed by atoms with E-state index in [9.17, 15) is 0 Å². The lowest BCUT2D eigenvalue weighted by Gasteiger charge is -2.20. The monoisotopic (exact) mass is 684 g/mol. The van der Waals surface area contributed by atoms with Crippen molar-refractivity contribution in [3.63, 3.8) is 0 Å². The first-order valence-electron chi connectivity index (χ1n) is 18.5. The Morgan fingerprint density at radius 2 is 0.519 bits per heavy atom. The molecule has 0 aliphatic carbocycles. The van der Waals surface area contributed by atoms with E-state index in [-0.39, 0.29) is 0 Å². The van der Waals surface area contributed by atoms with Crippen molar-refractivity contribution in [1.29, 1.82) is 0 Å². The number of aromatic nitrogens is 2. The minimum Gasteiger partial charge on any atom is -0.256 e. The van der Waals surface area contributed by atoms with Gasteiger partial charge in [0.2, 0.25) is 0 Å². The molecular formula is C52H32N2. The molecule has 0 amide bonds. The summed E-state index contributed by atoms with van der Waals surface area (Å²) in [5.41, 5.74) is 11.6. The molecule has 2 nitrogen and oxygen atoms in total. The summed E-state index contributed by atoms with van der Waals surface area (Å²) in [4.78, 5) is 10.0. The Balaban J connectivity index is 1.20. The number of hydrogen-bond acceptors (Lipinski definition) is 2. The lowest BCUT2D eigenvalue weighted by Crippen LogP contribution is -1.94. The molecule has 250 valence electrons. The second-order valence-electron chi connectivity index (χ2n) is 14.0. The fourth-order valence-corrected chi connectivity index (χ4v) is 8.83. The molecule has 2 aromatic heterocycles. The van der Waals surface area contributed by atoms with Crippen molar-refractivity contribution in [3.8, 4) is 44.5 Å². The van der Waals surface area contributed by atoms with Crippen molar-refractivity contribution in [2.45, 2.75) is 0 Å². The highest BCUT2D eigenvalue weighted by Crippen LogP contribution is 2.48. The highest BCUT2D eigenvalue weighted by atomic mass is 14.7. The van der Waals surface area contributed by atoms with E-state index in [0.29, 0.717) is 0 Å². The molecule has 0 saturated carbocycles. The van der Waals surface area contributed by atoms with Crippen LogP contribution in [0.3, 0.4) is 0 Å². The largest absolute Gasteiger partial charge is 0.256 e. The molecule has 0 aliphatic heterocycles. The second-order valence-corrected chi connectivity index (χ2v) is 14.0. The molecule has 11 rings (SSSR count). The molecule has 0 saturated heterocycles. The number of hydrogen-bond donors (Lipinski definition) is 0. The summed E-state index contributed by atoms with van der Waals surface area (Å²) in [5, 5.41) is 12.0. The van der Waals surface area contributed by atoms with E-state index in [1.165, 1.54) is 65.7 Å². The quantitative estimate of drug-likeness (QED) is 0.136. The van der Waals surface area contributed by atoms with Crippen LogP contribution < -0.4 is 0 Å². The maximum Gasteiger partial charge on any atom is 0.0708 e. The third-order valence-corrected chi connectivity index (χ3v) is 11.1. The third kappa shape index (κ3) is 4.60. The van der Waals surface area contributed by atoms with Gasteiger partial charge in [0, 0.05) is 44.7 Å². The zero-order valence-electron chi connectivity index (χ0n) is 29.4. The fraction of sp³-hybridized carbons (Fsp3) is 0.